The van der Waals surface area contributed by atoms with E-state index in [9.17, 15) is 9.90 Å². The topological polar surface area (TPSA) is 40.5 Å². The van der Waals surface area contributed by atoms with Gasteiger partial charge in [0.1, 0.15) is 0 Å². The van der Waals surface area contributed by atoms with Crippen LogP contribution in [0.5, 0.6) is 0 Å². The molecular weight excluding hydrogens is 294 g/mol. The van der Waals surface area contributed by atoms with Crippen LogP contribution in [0.3, 0.4) is 0 Å². The quantitative estimate of drug-likeness (QED) is 0.868. The minimum atomic E-state index is -0.319. The molecule has 1 fully saturated rings. The fourth-order valence-corrected chi connectivity index (χ4v) is 4.37. The number of amides is 1. The van der Waals surface area contributed by atoms with Crippen LogP contribution in [-0.4, -0.2) is 40.9 Å². The Kier molecular flexibility index (Phi) is 5.09. The molecule has 2 atom stereocenters. The Labute approximate surface area is 137 Å². The summed E-state index contributed by atoms with van der Waals surface area (Å²) in [5.74, 6) is 0.948. The molecular formula is C18H25NO2S. The first-order valence-electron chi connectivity index (χ1n) is 8.34. The molecule has 120 valence electrons. The highest BCUT2D eigenvalue weighted by atomic mass is 32.2. The molecule has 1 saturated heterocycles. The lowest BCUT2D eigenvalue weighted by Gasteiger charge is -2.34. The molecule has 0 saturated carbocycles. The predicted octanol–water partition coefficient (Wildman–Crippen LogP) is 2.89. The summed E-state index contributed by atoms with van der Waals surface area (Å²) in [5, 5.41) is 9.73. The summed E-state index contributed by atoms with van der Waals surface area (Å²) in [7, 11) is 0. The van der Waals surface area contributed by atoms with Crippen LogP contribution in [0.15, 0.2) is 23.1 Å². The first-order chi connectivity index (χ1) is 10.6. The van der Waals surface area contributed by atoms with Gasteiger partial charge in [-0.15, -0.1) is 11.8 Å². The highest BCUT2D eigenvalue weighted by Gasteiger charge is 2.26. The van der Waals surface area contributed by atoms with Crippen molar-refractivity contribution >= 4 is 17.7 Å². The molecule has 3 rings (SSSR count). The molecule has 3 nitrogen and oxygen atoms in total. The molecule has 1 aromatic rings. The van der Waals surface area contributed by atoms with Gasteiger partial charge in [-0.2, -0.15) is 0 Å². The Balaban J connectivity index is 1.53. The largest absolute Gasteiger partial charge is 0.393 e. The van der Waals surface area contributed by atoms with E-state index < -0.39 is 0 Å². The normalized spacial score (nSPS) is 22.5. The van der Waals surface area contributed by atoms with E-state index in [-0.39, 0.29) is 17.9 Å². The van der Waals surface area contributed by atoms with Crippen LogP contribution in [0.4, 0.5) is 0 Å². The van der Waals surface area contributed by atoms with Crippen LogP contribution >= 0.6 is 11.8 Å². The number of hydrogen-bond acceptors (Lipinski definition) is 3. The fraction of sp³-hybridized carbons (Fsp3) is 0.611. The summed E-state index contributed by atoms with van der Waals surface area (Å²) in [5.41, 5.74) is 2.94. The van der Waals surface area contributed by atoms with Gasteiger partial charge in [0.15, 0.2) is 0 Å². The van der Waals surface area contributed by atoms with Crippen LogP contribution < -0.4 is 0 Å². The number of hydrogen-bond donors (Lipinski definition) is 1. The number of rotatable bonds is 4. The summed E-state index contributed by atoms with van der Waals surface area (Å²) in [6.45, 7) is 3.38. The SMILES string of the molecule is CC(O)C1CCCN(C(=O)CSc2ccc3c(c2)CCC3)C1. The zero-order valence-electron chi connectivity index (χ0n) is 13.3. The second-order valence-corrected chi connectivity index (χ2v) is 7.60. The molecule has 0 spiro atoms. The van der Waals surface area contributed by atoms with Crippen molar-refractivity contribution in [1.29, 1.82) is 0 Å². The zero-order valence-corrected chi connectivity index (χ0v) is 14.1. The van der Waals surface area contributed by atoms with Crippen LogP contribution in [-0.2, 0) is 17.6 Å². The van der Waals surface area contributed by atoms with Crippen LogP contribution in [0.2, 0.25) is 0 Å². The summed E-state index contributed by atoms with van der Waals surface area (Å²) in [6, 6.07) is 6.63. The van der Waals surface area contributed by atoms with Gasteiger partial charge in [0.2, 0.25) is 5.91 Å². The molecule has 2 unspecified atom stereocenters. The number of carbonyl (C=O) groups is 1. The summed E-state index contributed by atoms with van der Waals surface area (Å²) < 4.78 is 0. The van der Waals surface area contributed by atoms with E-state index in [1.54, 1.807) is 11.8 Å². The third-order valence-corrected chi connectivity index (χ3v) is 5.90. The Morgan fingerprint density at radius 3 is 3.00 bits per heavy atom. The first kappa shape index (κ1) is 15.9. The van der Waals surface area contributed by atoms with E-state index in [0.29, 0.717) is 12.3 Å². The van der Waals surface area contributed by atoms with Crippen molar-refractivity contribution in [3.05, 3.63) is 29.3 Å². The number of carbonyl (C=O) groups excluding carboxylic acids is 1. The van der Waals surface area contributed by atoms with Crippen molar-refractivity contribution < 1.29 is 9.90 Å². The first-order valence-corrected chi connectivity index (χ1v) is 9.32. The zero-order chi connectivity index (χ0) is 15.5. The van der Waals surface area contributed by atoms with E-state index in [4.69, 9.17) is 0 Å². The summed E-state index contributed by atoms with van der Waals surface area (Å²) >= 11 is 1.64. The van der Waals surface area contributed by atoms with Crippen molar-refractivity contribution in [3.8, 4) is 0 Å². The van der Waals surface area contributed by atoms with Gasteiger partial charge >= 0.3 is 0 Å². The number of thioether (sulfide) groups is 1. The number of aryl methyl sites for hydroxylation is 2. The van der Waals surface area contributed by atoms with E-state index in [1.807, 2.05) is 11.8 Å². The van der Waals surface area contributed by atoms with Crippen LogP contribution in [0, 0.1) is 5.92 Å². The highest BCUT2D eigenvalue weighted by Crippen LogP contribution is 2.28. The number of aliphatic hydroxyl groups is 1. The van der Waals surface area contributed by atoms with Crippen molar-refractivity contribution in [2.24, 2.45) is 5.92 Å². The molecule has 1 amide bonds. The van der Waals surface area contributed by atoms with Gasteiger partial charge in [-0.05, 0) is 62.3 Å². The third-order valence-electron chi connectivity index (χ3n) is 4.93. The minimum absolute atomic E-state index is 0.204. The number of benzene rings is 1. The fourth-order valence-electron chi connectivity index (χ4n) is 3.50. The third kappa shape index (κ3) is 3.66. The molecule has 0 radical (unpaired) electrons. The predicted molar refractivity (Wildman–Crippen MR) is 90.2 cm³/mol. The maximum absolute atomic E-state index is 12.4. The highest BCUT2D eigenvalue weighted by molar-refractivity contribution is 8.00. The van der Waals surface area contributed by atoms with Crippen LogP contribution in [0.25, 0.3) is 0 Å². The lowest BCUT2D eigenvalue weighted by molar-refractivity contribution is -0.130. The van der Waals surface area contributed by atoms with Crippen LogP contribution in [0.1, 0.15) is 37.3 Å². The number of nitrogens with zero attached hydrogens (tertiary/aromatic N) is 1. The van der Waals surface area contributed by atoms with Gasteiger partial charge in [-0.3, -0.25) is 4.79 Å². The molecule has 4 heteroatoms. The number of likely N-dealkylation sites (tertiary alicyclic amines) is 1. The van der Waals surface area contributed by atoms with Gasteiger partial charge < -0.3 is 10.0 Å². The Morgan fingerprint density at radius 1 is 1.36 bits per heavy atom. The number of fused-ring (bicyclic) bond motifs is 1. The summed E-state index contributed by atoms with van der Waals surface area (Å²) in [6.07, 6.45) is 5.36. The van der Waals surface area contributed by atoms with Gasteiger partial charge in [0.05, 0.1) is 11.9 Å². The molecule has 1 heterocycles. The minimum Gasteiger partial charge on any atom is -0.393 e. The van der Waals surface area contributed by atoms with Crippen molar-refractivity contribution in [1.82, 2.24) is 4.90 Å². The van der Waals surface area contributed by atoms with E-state index in [2.05, 4.69) is 18.2 Å². The molecule has 0 bridgehead atoms. The number of piperidine rings is 1. The monoisotopic (exact) mass is 319 g/mol. The van der Waals surface area contributed by atoms with Gasteiger partial charge in [0, 0.05) is 23.9 Å². The van der Waals surface area contributed by atoms with Crippen molar-refractivity contribution in [2.75, 3.05) is 18.8 Å². The average molecular weight is 319 g/mol. The molecule has 1 aromatic carbocycles. The lowest BCUT2D eigenvalue weighted by atomic mass is 9.93. The number of aliphatic hydroxyl groups excluding tert-OH is 1. The second-order valence-electron chi connectivity index (χ2n) is 6.56. The van der Waals surface area contributed by atoms with Crippen molar-refractivity contribution in [2.45, 2.75) is 50.0 Å². The van der Waals surface area contributed by atoms with Gasteiger partial charge in [0.25, 0.3) is 0 Å². The second kappa shape index (κ2) is 7.05. The van der Waals surface area contributed by atoms with E-state index >= 15 is 0 Å². The maximum atomic E-state index is 12.4. The maximum Gasteiger partial charge on any atom is 0.232 e. The Bertz CT molecular complexity index is 544. The van der Waals surface area contributed by atoms with E-state index in [0.717, 1.165) is 19.4 Å². The van der Waals surface area contributed by atoms with Crippen molar-refractivity contribution in [3.63, 3.8) is 0 Å². The van der Waals surface area contributed by atoms with Gasteiger partial charge in [-0.25, -0.2) is 0 Å². The molecule has 1 N–H and O–H groups in total. The lowest BCUT2D eigenvalue weighted by Crippen LogP contribution is -2.43. The molecule has 1 aliphatic heterocycles. The van der Waals surface area contributed by atoms with E-state index in [1.165, 1.54) is 35.3 Å². The average Bonchev–Trinajstić information content (AvgIpc) is 3.00. The molecule has 2 aliphatic rings. The van der Waals surface area contributed by atoms with Gasteiger partial charge in [-0.1, -0.05) is 6.07 Å². The molecule has 1 aliphatic carbocycles. The summed E-state index contributed by atoms with van der Waals surface area (Å²) in [4.78, 5) is 15.5. The Hall–Kier alpha value is -1.00. The smallest absolute Gasteiger partial charge is 0.232 e. The molecule has 0 aromatic heterocycles. The Morgan fingerprint density at radius 2 is 2.18 bits per heavy atom. The molecule has 22 heavy (non-hydrogen) atoms. The standard InChI is InChI=1S/C18H25NO2S/c1-13(20)16-6-3-9-19(11-16)18(21)12-22-17-8-7-14-4-2-5-15(14)10-17/h7-8,10,13,16,20H,2-6,9,11-12H2,1H3.